The molecule has 1 aliphatic carbocycles. The molecule has 5 rings (SSSR count). The predicted octanol–water partition coefficient (Wildman–Crippen LogP) is 4.05. The van der Waals surface area contributed by atoms with Crippen molar-refractivity contribution in [1.82, 2.24) is 9.47 Å². The summed E-state index contributed by atoms with van der Waals surface area (Å²) in [6.45, 7) is -0.322. The third-order valence-electron chi connectivity index (χ3n) is 6.52. The summed E-state index contributed by atoms with van der Waals surface area (Å²) in [7, 11) is -2.02. The molecular weight excluding hydrogens is 488 g/mol. The van der Waals surface area contributed by atoms with Gasteiger partial charge in [0.15, 0.2) is 0 Å². The van der Waals surface area contributed by atoms with Crippen LogP contribution >= 0.6 is 0 Å². The number of hydrogen-bond acceptors (Lipinski definition) is 5. The zero-order chi connectivity index (χ0) is 26.2. The summed E-state index contributed by atoms with van der Waals surface area (Å²) in [6.07, 6.45) is 10.7. The molecule has 8 nitrogen and oxygen atoms in total. The molecule has 0 radical (unpaired) electrons. The van der Waals surface area contributed by atoms with Gasteiger partial charge in [-0.25, -0.2) is 8.42 Å². The van der Waals surface area contributed by atoms with E-state index in [4.69, 9.17) is 5.26 Å². The van der Waals surface area contributed by atoms with E-state index in [2.05, 4.69) is 15.4 Å². The average Bonchev–Trinajstić information content (AvgIpc) is 3.18. The van der Waals surface area contributed by atoms with Gasteiger partial charge in [0.2, 0.25) is 0 Å². The van der Waals surface area contributed by atoms with Crippen molar-refractivity contribution in [2.45, 2.75) is 12.5 Å². The van der Waals surface area contributed by atoms with E-state index in [1.165, 1.54) is 11.0 Å². The highest BCUT2D eigenvalue weighted by Gasteiger charge is 2.35. The highest BCUT2D eigenvalue weighted by molar-refractivity contribution is 7.96. The van der Waals surface area contributed by atoms with Crippen LogP contribution in [0.5, 0.6) is 0 Å². The Morgan fingerprint density at radius 2 is 1.89 bits per heavy atom. The monoisotopic (exact) mass is 512 g/mol. The van der Waals surface area contributed by atoms with Gasteiger partial charge in [-0.1, -0.05) is 30.4 Å². The van der Waals surface area contributed by atoms with Crippen LogP contribution in [0.25, 0.3) is 10.9 Å². The van der Waals surface area contributed by atoms with Crippen molar-refractivity contribution in [3.8, 4) is 6.07 Å². The fourth-order valence-corrected chi connectivity index (χ4v) is 6.13. The Morgan fingerprint density at radius 3 is 2.62 bits per heavy atom. The van der Waals surface area contributed by atoms with Gasteiger partial charge in [-0.05, 0) is 59.7 Å². The standard InChI is InChI=1S/C28H24N4O4S/c1-31-24(14-19-7-9-20(17-29)10-8-19)16-22-15-23(11-12-25(22)31)30-37(35,36)26-6-2-4-21-5-3-13-32(28(21)26)18-27(33)34/h2-13,15-16,28,30H,14,18H2,1H3,(H,33,34). The molecule has 2 N–H and O–H groups in total. The number of anilines is 1. The van der Waals surface area contributed by atoms with Crippen molar-refractivity contribution in [3.05, 3.63) is 112 Å². The van der Waals surface area contributed by atoms with Crippen molar-refractivity contribution < 1.29 is 18.3 Å². The summed E-state index contributed by atoms with van der Waals surface area (Å²) in [4.78, 5) is 13.0. The minimum Gasteiger partial charge on any atom is -0.480 e. The molecule has 0 saturated carbocycles. The zero-order valence-electron chi connectivity index (χ0n) is 20.0. The first-order chi connectivity index (χ1) is 17.7. The third-order valence-corrected chi connectivity index (χ3v) is 8.01. The van der Waals surface area contributed by atoms with E-state index in [0.29, 0.717) is 23.2 Å². The van der Waals surface area contributed by atoms with Crippen LogP contribution in [-0.4, -0.2) is 41.5 Å². The molecule has 37 heavy (non-hydrogen) atoms. The SMILES string of the molecule is Cn1c(Cc2ccc(C#N)cc2)cc2cc(NS(=O)(=O)C3=CC=CC4=CC=CN(CC(=O)O)C43)ccc21. The number of aromatic nitrogens is 1. The van der Waals surface area contributed by atoms with Crippen LogP contribution in [0.2, 0.25) is 0 Å². The van der Waals surface area contributed by atoms with E-state index in [-0.39, 0.29) is 11.4 Å². The fraction of sp³-hybridized carbons (Fsp3) is 0.143. The van der Waals surface area contributed by atoms with Crippen molar-refractivity contribution in [2.75, 3.05) is 11.3 Å². The van der Waals surface area contributed by atoms with Crippen LogP contribution in [-0.2, 0) is 28.3 Å². The molecule has 1 aromatic heterocycles. The second kappa shape index (κ2) is 9.48. The van der Waals surface area contributed by atoms with Gasteiger partial charge in [0, 0.05) is 42.0 Å². The average molecular weight is 513 g/mol. The summed E-state index contributed by atoms with van der Waals surface area (Å²) in [5.41, 5.74) is 4.81. The number of carbonyl (C=O) groups is 1. The lowest BCUT2D eigenvalue weighted by Gasteiger charge is -2.35. The van der Waals surface area contributed by atoms with Crippen molar-refractivity contribution in [3.63, 3.8) is 0 Å². The number of carboxylic acid groups (broad SMARTS) is 1. The van der Waals surface area contributed by atoms with Crippen LogP contribution < -0.4 is 4.72 Å². The lowest BCUT2D eigenvalue weighted by atomic mass is 9.98. The van der Waals surface area contributed by atoms with Crippen molar-refractivity contribution >= 4 is 32.6 Å². The summed E-state index contributed by atoms with van der Waals surface area (Å²) in [5, 5.41) is 19.2. The molecule has 0 amide bonds. The smallest absolute Gasteiger partial charge is 0.323 e. The second-order valence-electron chi connectivity index (χ2n) is 8.96. The zero-order valence-corrected chi connectivity index (χ0v) is 20.8. The lowest BCUT2D eigenvalue weighted by molar-refractivity contribution is -0.137. The first-order valence-electron chi connectivity index (χ1n) is 11.6. The number of aryl methyl sites for hydroxylation is 1. The number of benzene rings is 2. The molecule has 0 spiro atoms. The maximum absolute atomic E-state index is 13.5. The Bertz CT molecular complexity index is 1670. The van der Waals surface area contributed by atoms with Gasteiger partial charge >= 0.3 is 5.97 Å². The topological polar surface area (TPSA) is 115 Å². The number of fused-ring (bicyclic) bond motifs is 2. The largest absolute Gasteiger partial charge is 0.480 e. The molecule has 0 saturated heterocycles. The number of nitrogens with zero attached hydrogens (tertiary/aromatic N) is 3. The van der Waals surface area contributed by atoms with Gasteiger partial charge in [-0.2, -0.15) is 5.26 Å². The van der Waals surface area contributed by atoms with Crippen LogP contribution in [0.15, 0.2) is 95.6 Å². The Balaban J connectivity index is 1.41. The molecule has 186 valence electrons. The van der Waals surface area contributed by atoms with Gasteiger partial charge in [0.05, 0.1) is 22.6 Å². The van der Waals surface area contributed by atoms with Gasteiger partial charge in [0.25, 0.3) is 10.0 Å². The van der Waals surface area contributed by atoms with Gasteiger partial charge in [0.1, 0.15) is 6.54 Å². The molecule has 3 aromatic rings. The van der Waals surface area contributed by atoms with E-state index < -0.39 is 22.0 Å². The highest BCUT2D eigenvalue weighted by Crippen LogP contribution is 2.32. The minimum absolute atomic E-state index is 0.0847. The molecule has 0 fully saturated rings. The predicted molar refractivity (Wildman–Crippen MR) is 142 cm³/mol. The lowest BCUT2D eigenvalue weighted by Crippen LogP contribution is -2.42. The minimum atomic E-state index is -3.99. The molecule has 0 bridgehead atoms. The molecule has 1 unspecified atom stereocenters. The number of hydrogen-bond donors (Lipinski definition) is 2. The van der Waals surface area contributed by atoms with E-state index in [1.807, 2.05) is 31.3 Å². The Labute approximate surface area is 214 Å². The summed E-state index contributed by atoms with van der Waals surface area (Å²) in [5.74, 6) is -1.04. The molecule has 2 aromatic carbocycles. The number of aliphatic carboxylic acids is 1. The van der Waals surface area contributed by atoms with Crippen LogP contribution in [0.3, 0.4) is 0 Å². The number of nitriles is 1. The van der Waals surface area contributed by atoms with E-state index in [9.17, 15) is 18.3 Å². The van der Waals surface area contributed by atoms with Crippen LogP contribution in [0, 0.1) is 11.3 Å². The molecule has 1 atom stereocenters. The molecule has 2 heterocycles. The second-order valence-corrected chi connectivity index (χ2v) is 10.6. The van der Waals surface area contributed by atoms with E-state index >= 15 is 0 Å². The van der Waals surface area contributed by atoms with Gasteiger partial charge < -0.3 is 14.6 Å². The molecule has 9 heteroatoms. The van der Waals surface area contributed by atoms with E-state index in [0.717, 1.165) is 22.2 Å². The quantitative estimate of drug-likeness (QED) is 0.494. The first kappa shape index (κ1) is 24.2. The molecule has 2 aliphatic rings. The Kier molecular flexibility index (Phi) is 6.19. The number of nitrogens with one attached hydrogen (secondary N) is 1. The van der Waals surface area contributed by atoms with Gasteiger partial charge in [-0.3, -0.25) is 9.52 Å². The first-order valence-corrected chi connectivity index (χ1v) is 13.1. The number of sulfonamides is 1. The normalized spacial score (nSPS) is 16.6. The number of rotatable bonds is 7. The maximum atomic E-state index is 13.5. The summed E-state index contributed by atoms with van der Waals surface area (Å²) >= 11 is 0. The third kappa shape index (κ3) is 4.79. The van der Waals surface area contributed by atoms with Crippen molar-refractivity contribution in [2.24, 2.45) is 7.05 Å². The van der Waals surface area contributed by atoms with Crippen LogP contribution in [0.1, 0.15) is 16.8 Å². The number of allylic oxidation sites excluding steroid dienone is 4. The van der Waals surface area contributed by atoms with Crippen molar-refractivity contribution in [1.29, 1.82) is 5.26 Å². The van der Waals surface area contributed by atoms with Gasteiger partial charge in [-0.15, -0.1) is 0 Å². The number of carboxylic acids is 1. The Morgan fingerprint density at radius 1 is 1.11 bits per heavy atom. The highest BCUT2D eigenvalue weighted by atomic mass is 32.2. The van der Waals surface area contributed by atoms with E-state index in [1.54, 1.807) is 54.8 Å². The maximum Gasteiger partial charge on any atom is 0.323 e. The molecule has 1 aliphatic heterocycles. The van der Waals surface area contributed by atoms with Crippen LogP contribution in [0.4, 0.5) is 5.69 Å². The molecular formula is C28H24N4O4S. The fourth-order valence-electron chi connectivity index (χ4n) is 4.75. The summed E-state index contributed by atoms with van der Waals surface area (Å²) in [6, 6.07) is 16.3. The summed E-state index contributed by atoms with van der Waals surface area (Å²) < 4.78 is 31.7. The Hall–Kier alpha value is -4.55.